The number of rotatable bonds is 7. The maximum absolute atomic E-state index is 12.6. The van der Waals surface area contributed by atoms with Gasteiger partial charge in [-0.05, 0) is 11.6 Å². The lowest BCUT2D eigenvalue weighted by Gasteiger charge is -2.17. The van der Waals surface area contributed by atoms with Crippen molar-refractivity contribution < 1.29 is 14.4 Å². The number of hydrogen-bond acceptors (Lipinski definition) is 4. The molecule has 27 heavy (non-hydrogen) atoms. The maximum atomic E-state index is 12.6. The van der Waals surface area contributed by atoms with Gasteiger partial charge in [0.05, 0.1) is 5.56 Å². The highest BCUT2D eigenvalue weighted by Gasteiger charge is 2.18. The van der Waals surface area contributed by atoms with Crippen molar-refractivity contribution in [3.05, 3.63) is 69.6 Å². The lowest BCUT2D eigenvalue weighted by molar-refractivity contribution is -0.120. The van der Waals surface area contributed by atoms with E-state index in [-0.39, 0.29) is 30.0 Å². The molecule has 0 aliphatic carbocycles. The van der Waals surface area contributed by atoms with Crippen molar-refractivity contribution in [3.63, 3.8) is 0 Å². The number of hydrogen-bond donors (Lipinski definition) is 3. The van der Waals surface area contributed by atoms with E-state index >= 15 is 0 Å². The summed E-state index contributed by atoms with van der Waals surface area (Å²) in [6.45, 7) is 0.483. The molecule has 2 rings (SSSR count). The van der Waals surface area contributed by atoms with Gasteiger partial charge in [-0.25, -0.2) is 0 Å². The van der Waals surface area contributed by atoms with Crippen LogP contribution in [-0.4, -0.2) is 48.2 Å². The van der Waals surface area contributed by atoms with Crippen molar-refractivity contribution in [1.29, 1.82) is 0 Å². The van der Waals surface area contributed by atoms with Gasteiger partial charge in [-0.15, -0.1) is 0 Å². The Bertz CT molecular complexity index is 877. The smallest absolute Gasteiger partial charge is 0.260 e. The Morgan fingerprint density at radius 2 is 1.85 bits per heavy atom. The van der Waals surface area contributed by atoms with Crippen LogP contribution in [0.15, 0.2) is 47.4 Å². The highest BCUT2D eigenvalue weighted by Crippen LogP contribution is 2.07. The first kappa shape index (κ1) is 19.9. The number of aromatic amines is 1. The molecule has 0 spiro atoms. The summed E-state index contributed by atoms with van der Waals surface area (Å²) in [7, 11) is 3.10. The summed E-state index contributed by atoms with van der Waals surface area (Å²) in [5.74, 6) is -1.16. The molecule has 1 heterocycles. The molecular weight excluding hydrogens is 348 g/mol. The fraction of sp³-hybridized carbons (Fsp3) is 0.263. The fourth-order valence-corrected chi connectivity index (χ4v) is 2.43. The summed E-state index contributed by atoms with van der Waals surface area (Å²) in [5, 5.41) is 5.03. The molecule has 0 radical (unpaired) electrons. The van der Waals surface area contributed by atoms with Crippen LogP contribution in [0.2, 0.25) is 0 Å². The van der Waals surface area contributed by atoms with E-state index in [9.17, 15) is 19.2 Å². The monoisotopic (exact) mass is 370 g/mol. The van der Waals surface area contributed by atoms with Crippen LogP contribution in [0.4, 0.5) is 0 Å². The molecular formula is C19H22N4O4. The Balaban J connectivity index is 2.09. The second-order valence-corrected chi connectivity index (χ2v) is 5.96. The normalized spacial score (nSPS) is 10.1. The van der Waals surface area contributed by atoms with E-state index in [0.29, 0.717) is 6.54 Å². The average Bonchev–Trinajstić information content (AvgIpc) is 2.68. The number of amides is 3. The molecule has 0 atom stereocenters. The molecule has 2 aromatic rings. The van der Waals surface area contributed by atoms with Crippen LogP contribution >= 0.6 is 0 Å². The number of benzene rings is 1. The Labute approximate surface area is 156 Å². The van der Waals surface area contributed by atoms with Crippen LogP contribution in [0.3, 0.4) is 0 Å². The minimum atomic E-state index is -0.568. The molecule has 0 unspecified atom stereocenters. The third kappa shape index (κ3) is 5.53. The molecule has 0 saturated carbocycles. The van der Waals surface area contributed by atoms with E-state index < -0.39 is 17.4 Å². The zero-order chi connectivity index (χ0) is 19.8. The highest BCUT2D eigenvalue weighted by atomic mass is 16.2. The average molecular weight is 370 g/mol. The van der Waals surface area contributed by atoms with Crippen molar-refractivity contribution in [2.24, 2.45) is 0 Å². The van der Waals surface area contributed by atoms with Gasteiger partial charge in [-0.3, -0.25) is 19.2 Å². The summed E-state index contributed by atoms with van der Waals surface area (Å²) >= 11 is 0. The summed E-state index contributed by atoms with van der Waals surface area (Å²) in [4.78, 5) is 51.8. The van der Waals surface area contributed by atoms with Crippen molar-refractivity contribution in [3.8, 4) is 0 Å². The molecule has 1 aromatic carbocycles. The number of nitrogens with zero attached hydrogens (tertiary/aromatic N) is 1. The molecule has 0 fully saturated rings. The van der Waals surface area contributed by atoms with Gasteiger partial charge in [0, 0.05) is 39.8 Å². The standard InChI is InChI=1S/C19H22N4O4/c1-20-16(24)8-9-21-17(25)14-10-15(18(26)22-11-14)19(27)23(2)12-13-6-4-3-5-7-13/h3-7,10-11H,8-9,12H2,1-2H3,(H,20,24)(H,21,25)(H,22,26). The molecule has 3 N–H and O–H groups in total. The fourth-order valence-electron chi connectivity index (χ4n) is 2.43. The Hall–Kier alpha value is -3.42. The first-order valence-electron chi connectivity index (χ1n) is 8.43. The third-order valence-electron chi connectivity index (χ3n) is 3.92. The van der Waals surface area contributed by atoms with E-state index in [2.05, 4.69) is 15.6 Å². The predicted molar refractivity (Wildman–Crippen MR) is 100 cm³/mol. The van der Waals surface area contributed by atoms with Gasteiger partial charge in [0.15, 0.2) is 0 Å². The molecule has 8 nitrogen and oxygen atoms in total. The zero-order valence-electron chi connectivity index (χ0n) is 15.2. The summed E-state index contributed by atoms with van der Waals surface area (Å²) in [6, 6.07) is 10.6. The van der Waals surface area contributed by atoms with Crippen LogP contribution in [0.25, 0.3) is 0 Å². The molecule has 0 bridgehead atoms. The number of carbonyl (C=O) groups excluding carboxylic acids is 3. The third-order valence-corrected chi connectivity index (χ3v) is 3.92. The second-order valence-electron chi connectivity index (χ2n) is 5.96. The van der Waals surface area contributed by atoms with E-state index in [1.165, 1.54) is 24.2 Å². The van der Waals surface area contributed by atoms with Crippen LogP contribution in [0, 0.1) is 0 Å². The van der Waals surface area contributed by atoms with Crippen LogP contribution in [0.1, 0.15) is 32.7 Å². The van der Waals surface area contributed by atoms with E-state index in [1.807, 2.05) is 30.3 Å². The number of pyridine rings is 1. The van der Waals surface area contributed by atoms with Crippen molar-refractivity contribution in [2.45, 2.75) is 13.0 Å². The SMILES string of the molecule is CNC(=O)CCNC(=O)c1c[nH]c(=O)c(C(=O)N(C)Cc2ccccc2)c1. The summed E-state index contributed by atoms with van der Waals surface area (Å²) in [5.41, 5.74) is 0.380. The van der Waals surface area contributed by atoms with Gasteiger partial charge in [0.1, 0.15) is 5.56 Å². The summed E-state index contributed by atoms with van der Waals surface area (Å²) in [6.07, 6.45) is 1.38. The molecule has 0 aliphatic rings. The molecule has 0 saturated heterocycles. The Morgan fingerprint density at radius 3 is 2.52 bits per heavy atom. The number of nitrogens with one attached hydrogen (secondary N) is 3. The van der Waals surface area contributed by atoms with Gasteiger partial charge >= 0.3 is 0 Å². The largest absolute Gasteiger partial charge is 0.359 e. The Kier molecular flexibility index (Phi) is 6.87. The maximum Gasteiger partial charge on any atom is 0.260 e. The first-order valence-corrected chi connectivity index (χ1v) is 8.43. The zero-order valence-corrected chi connectivity index (χ0v) is 15.2. The minimum Gasteiger partial charge on any atom is -0.359 e. The second kappa shape index (κ2) is 9.33. The Morgan fingerprint density at radius 1 is 1.15 bits per heavy atom. The lowest BCUT2D eigenvalue weighted by atomic mass is 10.1. The quantitative estimate of drug-likeness (QED) is 0.659. The van der Waals surface area contributed by atoms with Crippen molar-refractivity contribution >= 4 is 17.7 Å². The van der Waals surface area contributed by atoms with E-state index in [1.54, 1.807) is 7.05 Å². The summed E-state index contributed by atoms with van der Waals surface area (Å²) < 4.78 is 0. The molecule has 1 aromatic heterocycles. The number of carbonyl (C=O) groups is 3. The van der Waals surface area contributed by atoms with Gasteiger partial charge in [-0.2, -0.15) is 0 Å². The van der Waals surface area contributed by atoms with E-state index in [4.69, 9.17) is 0 Å². The predicted octanol–water partition coefficient (Wildman–Crippen LogP) is 0.513. The highest BCUT2D eigenvalue weighted by molar-refractivity contribution is 5.99. The molecule has 3 amide bonds. The van der Waals surface area contributed by atoms with Gasteiger partial charge in [-0.1, -0.05) is 30.3 Å². The molecule has 0 aliphatic heterocycles. The van der Waals surface area contributed by atoms with Crippen LogP contribution in [0.5, 0.6) is 0 Å². The minimum absolute atomic E-state index is 0.118. The van der Waals surface area contributed by atoms with Gasteiger partial charge < -0.3 is 20.5 Å². The number of H-pyrrole nitrogens is 1. The van der Waals surface area contributed by atoms with Crippen molar-refractivity contribution in [2.75, 3.05) is 20.6 Å². The first-order chi connectivity index (χ1) is 12.9. The lowest BCUT2D eigenvalue weighted by Crippen LogP contribution is -2.33. The molecule has 142 valence electrons. The van der Waals surface area contributed by atoms with Crippen LogP contribution in [-0.2, 0) is 11.3 Å². The van der Waals surface area contributed by atoms with Crippen molar-refractivity contribution in [1.82, 2.24) is 20.5 Å². The topological polar surface area (TPSA) is 111 Å². The molecule has 8 heteroatoms. The van der Waals surface area contributed by atoms with Gasteiger partial charge in [0.2, 0.25) is 5.91 Å². The van der Waals surface area contributed by atoms with Crippen LogP contribution < -0.4 is 16.2 Å². The number of aromatic nitrogens is 1. The van der Waals surface area contributed by atoms with Gasteiger partial charge in [0.25, 0.3) is 17.4 Å². The van der Waals surface area contributed by atoms with E-state index in [0.717, 1.165) is 5.56 Å².